The van der Waals surface area contributed by atoms with Crippen LogP contribution in [0.5, 0.6) is 0 Å². The summed E-state index contributed by atoms with van der Waals surface area (Å²) in [6.07, 6.45) is 0.164. The number of benzene rings is 2. The Kier molecular flexibility index (Phi) is 6.31. The highest BCUT2D eigenvalue weighted by Gasteiger charge is 2.35. The van der Waals surface area contributed by atoms with Gasteiger partial charge in [-0.05, 0) is 42.8 Å². The predicted molar refractivity (Wildman–Crippen MR) is 108 cm³/mol. The maximum Gasteiger partial charge on any atom is 0.251 e. The van der Waals surface area contributed by atoms with E-state index >= 15 is 0 Å². The first kappa shape index (κ1) is 19.9. The van der Waals surface area contributed by atoms with E-state index < -0.39 is 5.92 Å². The SMILES string of the molecule is CCNC(=O)c1cccc(CNC(=O)C2CC(=O)N(c3cccc(Cl)c3)C2)c1. The average molecular weight is 400 g/mol. The van der Waals surface area contributed by atoms with Crippen LogP contribution >= 0.6 is 11.6 Å². The molecular weight excluding hydrogens is 378 g/mol. The third-order valence-corrected chi connectivity index (χ3v) is 4.84. The lowest BCUT2D eigenvalue weighted by molar-refractivity contribution is -0.126. The number of hydrogen-bond donors (Lipinski definition) is 2. The molecule has 0 bridgehead atoms. The summed E-state index contributed by atoms with van der Waals surface area (Å²) in [7, 11) is 0. The van der Waals surface area contributed by atoms with Gasteiger partial charge in [-0.15, -0.1) is 0 Å². The van der Waals surface area contributed by atoms with E-state index in [1.807, 2.05) is 13.0 Å². The van der Waals surface area contributed by atoms with Gasteiger partial charge in [-0.3, -0.25) is 14.4 Å². The van der Waals surface area contributed by atoms with Crippen LogP contribution in [0.3, 0.4) is 0 Å². The van der Waals surface area contributed by atoms with Crippen molar-refractivity contribution in [3.8, 4) is 0 Å². The summed E-state index contributed by atoms with van der Waals surface area (Å²) in [6, 6.07) is 14.2. The van der Waals surface area contributed by atoms with Crippen LogP contribution in [0.15, 0.2) is 48.5 Å². The van der Waals surface area contributed by atoms with Crippen LogP contribution in [0.1, 0.15) is 29.3 Å². The summed E-state index contributed by atoms with van der Waals surface area (Å²) in [5.41, 5.74) is 2.08. The van der Waals surface area contributed by atoms with E-state index in [1.54, 1.807) is 47.4 Å². The zero-order valence-corrected chi connectivity index (χ0v) is 16.3. The van der Waals surface area contributed by atoms with Gasteiger partial charge in [0.05, 0.1) is 5.92 Å². The molecule has 1 unspecified atom stereocenters. The first-order valence-corrected chi connectivity index (χ1v) is 9.56. The number of amides is 3. The van der Waals surface area contributed by atoms with Crippen molar-refractivity contribution in [1.29, 1.82) is 0 Å². The average Bonchev–Trinajstić information content (AvgIpc) is 3.08. The van der Waals surface area contributed by atoms with Crippen molar-refractivity contribution in [1.82, 2.24) is 10.6 Å². The molecule has 3 amide bonds. The van der Waals surface area contributed by atoms with Gasteiger partial charge in [0.1, 0.15) is 0 Å². The van der Waals surface area contributed by atoms with Crippen LogP contribution in [0, 0.1) is 5.92 Å². The smallest absolute Gasteiger partial charge is 0.251 e. The molecule has 2 aromatic carbocycles. The fourth-order valence-electron chi connectivity index (χ4n) is 3.20. The largest absolute Gasteiger partial charge is 0.352 e. The normalized spacial score (nSPS) is 16.1. The van der Waals surface area contributed by atoms with Gasteiger partial charge in [0.15, 0.2) is 0 Å². The summed E-state index contributed by atoms with van der Waals surface area (Å²) >= 11 is 6.00. The molecule has 7 heteroatoms. The number of nitrogens with one attached hydrogen (secondary N) is 2. The Hall–Kier alpha value is -2.86. The standard InChI is InChI=1S/C21H22ClN3O3/c1-2-23-20(27)15-6-3-5-14(9-15)12-24-21(28)16-10-19(26)25(13-16)18-8-4-7-17(22)11-18/h3-9,11,16H,2,10,12-13H2,1H3,(H,23,27)(H,24,28). The van der Waals surface area contributed by atoms with Crippen LogP contribution in [0.2, 0.25) is 5.02 Å². The van der Waals surface area contributed by atoms with Crippen molar-refractivity contribution >= 4 is 35.0 Å². The zero-order chi connectivity index (χ0) is 20.1. The highest BCUT2D eigenvalue weighted by molar-refractivity contribution is 6.31. The Morgan fingerprint density at radius 1 is 1.14 bits per heavy atom. The van der Waals surface area contributed by atoms with E-state index in [0.717, 1.165) is 5.56 Å². The predicted octanol–water partition coefficient (Wildman–Crippen LogP) is 2.76. The van der Waals surface area contributed by atoms with E-state index in [1.165, 1.54) is 0 Å². The highest BCUT2D eigenvalue weighted by atomic mass is 35.5. The topological polar surface area (TPSA) is 78.5 Å². The van der Waals surface area contributed by atoms with Crippen molar-refractivity contribution in [3.63, 3.8) is 0 Å². The van der Waals surface area contributed by atoms with Crippen LogP contribution < -0.4 is 15.5 Å². The molecule has 0 spiro atoms. The number of nitrogens with zero attached hydrogens (tertiary/aromatic N) is 1. The van der Waals surface area contributed by atoms with Crippen molar-refractivity contribution < 1.29 is 14.4 Å². The van der Waals surface area contributed by atoms with E-state index in [4.69, 9.17) is 11.6 Å². The van der Waals surface area contributed by atoms with Crippen molar-refractivity contribution in [2.45, 2.75) is 19.9 Å². The third kappa shape index (κ3) is 4.70. The summed E-state index contributed by atoms with van der Waals surface area (Å²) in [5.74, 6) is -0.839. The van der Waals surface area contributed by atoms with Gasteiger partial charge in [-0.25, -0.2) is 0 Å². The zero-order valence-electron chi connectivity index (χ0n) is 15.6. The number of carbonyl (C=O) groups excluding carboxylic acids is 3. The second-order valence-electron chi connectivity index (χ2n) is 6.66. The summed E-state index contributed by atoms with van der Waals surface area (Å²) in [5, 5.41) is 6.16. The molecule has 2 aromatic rings. The van der Waals surface area contributed by atoms with Crippen molar-refractivity contribution in [2.24, 2.45) is 5.92 Å². The maximum absolute atomic E-state index is 12.5. The van der Waals surface area contributed by atoms with Gasteiger partial charge in [-0.2, -0.15) is 0 Å². The van der Waals surface area contributed by atoms with Gasteiger partial charge >= 0.3 is 0 Å². The molecule has 0 saturated carbocycles. The molecule has 1 atom stereocenters. The number of anilines is 1. The molecule has 2 N–H and O–H groups in total. The lowest BCUT2D eigenvalue weighted by Gasteiger charge is -2.17. The van der Waals surface area contributed by atoms with Crippen LogP contribution in [0.4, 0.5) is 5.69 Å². The van der Waals surface area contributed by atoms with Gasteiger partial charge in [0, 0.05) is 42.3 Å². The molecule has 1 fully saturated rings. The third-order valence-electron chi connectivity index (χ3n) is 4.61. The minimum Gasteiger partial charge on any atom is -0.352 e. The second-order valence-corrected chi connectivity index (χ2v) is 7.10. The van der Waals surface area contributed by atoms with E-state index in [0.29, 0.717) is 35.9 Å². The van der Waals surface area contributed by atoms with Crippen LogP contribution in [-0.4, -0.2) is 30.8 Å². The van der Waals surface area contributed by atoms with Gasteiger partial charge in [0.2, 0.25) is 11.8 Å². The van der Waals surface area contributed by atoms with Gasteiger partial charge in [-0.1, -0.05) is 29.8 Å². The van der Waals surface area contributed by atoms with Crippen LogP contribution in [0.25, 0.3) is 0 Å². The van der Waals surface area contributed by atoms with E-state index in [-0.39, 0.29) is 24.1 Å². The number of halogens is 1. The first-order valence-electron chi connectivity index (χ1n) is 9.18. The van der Waals surface area contributed by atoms with Crippen molar-refractivity contribution in [3.05, 3.63) is 64.7 Å². The minimum atomic E-state index is -0.418. The molecule has 0 radical (unpaired) electrons. The Labute approximate surface area is 168 Å². The molecule has 1 saturated heterocycles. The number of carbonyl (C=O) groups is 3. The summed E-state index contributed by atoms with van der Waals surface area (Å²) in [4.78, 5) is 38.4. The lowest BCUT2D eigenvalue weighted by atomic mass is 10.1. The highest BCUT2D eigenvalue weighted by Crippen LogP contribution is 2.27. The fourth-order valence-corrected chi connectivity index (χ4v) is 3.38. The number of hydrogen-bond acceptors (Lipinski definition) is 3. The Morgan fingerprint density at radius 2 is 1.93 bits per heavy atom. The molecule has 6 nitrogen and oxygen atoms in total. The fraction of sp³-hybridized carbons (Fsp3) is 0.286. The maximum atomic E-state index is 12.5. The van der Waals surface area contributed by atoms with E-state index in [9.17, 15) is 14.4 Å². The Balaban J connectivity index is 1.59. The molecule has 1 heterocycles. The summed E-state index contributed by atoms with van der Waals surface area (Å²) < 4.78 is 0. The quantitative estimate of drug-likeness (QED) is 0.784. The molecule has 1 aliphatic rings. The molecule has 146 valence electrons. The van der Waals surface area contributed by atoms with Crippen LogP contribution in [-0.2, 0) is 16.1 Å². The first-order chi connectivity index (χ1) is 13.5. The molecule has 0 aromatic heterocycles. The molecule has 3 rings (SSSR count). The molecule has 28 heavy (non-hydrogen) atoms. The second kappa shape index (κ2) is 8.89. The van der Waals surface area contributed by atoms with Crippen molar-refractivity contribution in [2.75, 3.05) is 18.0 Å². The summed E-state index contributed by atoms with van der Waals surface area (Å²) in [6.45, 7) is 3.04. The number of rotatable bonds is 6. The Morgan fingerprint density at radius 3 is 2.68 bits per heavy atom. The molecular formula is C21H22ClN3O3. The minimum absolute atomic E-state index is 0.0966. The molecule has 0 aliphatic carbocycles. The Bertz CT molecular complexity index is 900. The molecule has 1 aliphatic heterocycles. The lowest BCUT2D eigenvalue weighted by Crippen LogP contribution is -2.32. The van der Waals surface area contributed by atoms with Gasteiger partial charge in [0.25, 0.3) is 5.91 Å². The monoisotopic (exact) mass is 399 g/mol. The van der Waals surface area contributed by atoms with E-state index in [2.05, 4.69) is 10.6 Å². The van der Waals surface area contributed by atoms with Gasteiger partial charge < -0.3 is 15.5 Å².